The van der Waals surface area contributed by atoms with Gasteiger partial charge in [-0.25, -0.2) is 0 Å². The number of carbonyl (C=O) groups excluding carboxylic acids is 2. The number of amides is 2. The molecule has 0 radical (unpaired) electrons. The average Bonchev–Trinajstić information content (AvgIpc) is 2.29. The van der Waals surface area contributed by atoms with Crippen LogP contribution in [-0.2, 0) is 0 Å². The van der Waals surface area contributed by atoms with Crippen LogP contribution in [0.3, 0.4) is 0 Å². The topological polar surface area (TPSA) is 40.6 Å². The molecule has 0 fully saturated rings. The lowest BCUT2D eigenvalue weighted by Crippen LogP contribution is -2.28. The van der Waals surface area contributed by atoms with Gasteiger partial charge in [0.05, 0.1) is 11.1 Å². The van der Waals surface area contributed by atoms with Crippen LogP contribution in [0.15, 0.2) is 12.1 Å². The number of carbonyl (C=O) groups is 2. The molecule has 0 saturated carbocycles. The second-order valence-corrected chi connectivity index (χ2v) is 4.88. The minimum Gasteiger partial charge on any atom is -0.345 e. The Labute approximate surface area is 108 Å². The van der Waals surface area contributed by atoms with Crippen molar-refractivity contribution in [1.29, 1.82) is 0 Å². The van der Waals surface area contributed by atoms with Crippen molar-refractivity contribution in [3.63, 3.8) is 0 Å². The minimum atomic E-state index is -0.150. The average molecular weight is 248 g/mol. The largest absolute Gasteiger partial charge is 0.345 e. The Morgan fingerprint density at radius 1 is 0.778 bits per heavy atom. The minimum absolute atomic E-state index is 0.150. The predicted molar refractivity (Wildman–Crippen MR) is 72.0 cm³/mol. The molecular formula is C14H20N2O2. The van der Waals surface area contributed by atoms with Crippen molar-refractivity contribution < 1.29 is 9.59 Å². The van der Waals surface area contributed by atoms with E-state index in [9.17, 15) is 9.59 Å². The molecule has 0 aromatic heterocycles. The Morgan fingerprint density at radius 3 is 1.28 bits per heavy atom. The summed E-state index contributed by atoms with van der Waals surface area (Å²) in [5.74, 6) is -0.299. The van der Waals surface area contributed by atoms with Crippen LogP contribution in [0.25, 0.3) is 0 Å². The van der Waals surface area contributed by atoms with E-state index < -0.39 is 0 Å². The third kappa shape index (κ3) is 2.70. The molecule has 1 aromatic rings. The molecule has 4 nitrogen and oxygen atoms in total. The number of hydrogen-bond donors (Lipinski definition) is 0. The van der Waals surface area contributed by atoms with Crippen LogP contribution in [0.5, 0.6) is 0 Å². The Morgan fingerprint density at radius 2 is 1.06 bits per heavy atom. The molecule has 2 amide bonds. The van der Waals surface area contributed by atoms with Gasteiger partial charge in [0.25, 0.3) is 11.8 Å². The van der Waals surface area contributed by atoms with Gasteiger partial charge in [0, 0.05) is 28.2 Å². The van der Waals surface area contributed by atoms with E-state index in [4.69, 9.17) is 0 Å². The maximum atomic E-state index is 12.1. The van der Waals surface area contributed by atoms with Crippen molar-refractivity contribution in [2.75, 3.05) is 28.2 Å². The first-order valence-electron chi connectivity index (χ1n) is 5.80. The summed E-state index contributed by atoms with van der Waals surface area (Å²) in [6, 6.07) is 3.57. The molecule has 0 aliphatic heterocycles. The van der Waals surface area contributed by atoms with Crippen molar-refractivity contribution >= 4 is 11.8 Å². The molecule has 18 heavy (non-hydrogen) atoms. The number of nitrogens with zero attached hydrogens (tertiary/aromatic N) is 2. The standard InChI is InChI=1S/C14H20N2O2/c1-9-7-11(13(17)15(3)4)12(8-10(9)2)14(18)16(5)6/h7-8H,1-6H3. The van der Waals surface area contributed by atoms with Gasteiger partial charge in [-0.15, -0.1) is 0 Å². The first kappa shape index (κ1) is 14.2. The molecule has 0 unspecified atom stereocenters. The van der Waals surface area contributed by atoms with Crippen molar-refractivity contribution in [2.45, 2.75) is 13.8 Å². The highest BCUT2D eigenvalue weighted by Gasteiger charge is 2.20. The molecule has 0 atom stereocenters. The van der Waals surface area contributed by atoms with E-state index in [2.05, 4.69) is 0 Å². The highest BCUT2D eigenvalue weighted by molar-refractivity contribution is 6.07. The second-order valence-electron chi connectivity index (χ2n) is 4.88. The quantitative estimate of drug-likeness (QED) is 0.799. The number of rotatable bonds is 2. The lowest BCUT2D eigenvalue weighted by atomic mass is 9.98. The van der Waals surface area contributed by atoms with Gasteiger partial charge in [-0.1, -0.05) is 0 Å². The van der Waals surface area contributed by atoms with Gasteiger partial charge in [-0.3, -0.25) is 9.59 Å². The van der Waals surface area contributed by atoms with Crippen LogP contribution >= 0.6 is 0 Å². The van der Waals surface area contributed by atoms with Gasteiger partial charge in [0.15, 0.2) is 0 Å². The number of aryl methyl sites for hydroxylation is 2. The molecule has 0 aliphatic rings. The Kier molecular flexibility index (Phi) is 4.11. The van der Waals surface area contributed by atoms with E-state index in [1.807, 2.05) is 13.8 Å². The zero-order chi connectivity index (χ0) is 14.0. The Bertz CT molecular complexity index is 446. The molecule has 4 heteroatoms. The first-order valence-corrected chi connectivity index (χ1v) is 5.80. The van der Waals surface area contributed by atoms with Crippen LogP contribution in [0, 0.1) is 13.8 Å². The molecule has 1 rings (SSSR count). The van der Waals surface area contributed by atoms with Crippen LogP contribution in [-0.4, -0.2) is 49.8 Å². The zero-order valence-electron chi connectivity index (χ0n) is 11.9. The zero-order valence-corrected chi connectivity index (χ0v) is 11.9. The SMILES string of the molecule is Cc1cc(C(=O)N(C)C)c(C(=O)N(C)C)cc1C. The smallest absolute Gasteiger partial charge is 0.254 e. The summed E-state index contributed by atoms with van der Waals surface area (Å²) in [7, 11) is 6.73. The summed E-state index contributed by atoms with van der Waals surface area (Å²) >= 11 is 0. The van der Waals surface area contributed by atoms with Crippen LogP contribution in [0.1, 0.15) is 31.8 Å². The Balaban J connectivity index is 3.44. The fraction of sp³-hybridized carbons (Fsp3) is 0.429. The third-order valence-electron chi connectivity index (χ3n) is 2.91. The molecule has 0 heterocycles. The molecule has 0 spiro atoms. The summed E-state index contributed by atoms with van der Waals surface area (Å²) in [6.45, 7) is 3.87. The molecule has 1 aromatic carbocycles. The van der Waals surface area contributed by atoms with Gasteiger partial charge in [-0.2, -0.15) is 0 Å². The van der Waals surface area contributed by atoms with E-state index in [0.29, 0.717) is 11.1 Å². The fourth-order valence-corrected chi connectivity index (χ4v) is 1.65. The van der Waals surface area contributed by atoms with Crippen LogP contribution in [0.2, 0.25) is 0 Å². The van der Waals surface area contributed by atoms with Gasteiger partial charge in [-0.05, 0) is 37.1 Å². The molecular weight excluding hydrogens is 228 g/mol. The highest BCUT2D eigenvalue weighted by atomic mass is 16.2. The summed E-state index contributed by atoms with van der Waals surface area (Å²) in [6.07, 6.45) is 0. The van der Waals surface area contributed by atoms with Crippen molar-refractivity contribution in [3.8, 4) is 0 Å². The van der Waals surface area contributed by atoms with E-state index in [1.165, 1.54) is 9.80 Å². The van der Waals surface area contributed by atoms with E-state index >= 15 is 0 Å². The molecule has 0 aliphatic carbocycles. The van der Waals surface area contributed by atoms with Crippen molar-refractivity contribution in [3.05, 3.63) is 34.4 Å². The number of benzene rings is 1. The van der Waals surface area contributed by atoms with E-state index in [-0.39, 0.29) is 11.8 Å². The second kappa shape index (κ2) is 5.21. The summed E-state index contributed by atoms with van der Waals surface area (Å²) < 4.78 is 0. The lowest BCUT2D eigenvalue weighted by Gasteiger charge is -2.18. The van der Waals surface area contributed by atoms with Gasteiger partial charge in [0.1, 0.15) is 0 Å². The Hall–Kier alpha value is -1.84. The molecule has 0 N–H and O–H groups in total. The highest BCUT2D eigenvalue weighted by Crippen LogP contribution is 2.18. The summed E-state index contributed by atoms with van der Waals surface area (Å²) in [4.78, 5) is 27.2. The maximum absolute atomic E-state index is 12.1. The lowest BCUT2D eigenvalue weighted by molar-refractivity contribution is 0.0790. The molecule has 98 valence electrons. The van der Waals surface area contributed by atoms with Crippen LogP contribution < -0.4 is 0 Å². The van der Waals surface area contributed by atoms with E-state index in [1.54, 1.807) is 40.3 Å². The van der Waals surface area contributed by atoms with E-state index in [0.717, 1.165) is 11.1 Å². The fourth-order valence-electron chi connectivity index (χ4n) is 1.65. The summed E-state index contributed by atoms with van der Waals surface area (Å²) in [5.41, 5.74) is 2.94. The first-order chi connectivity index (χ1) is 8.25. The third-order valence-corrected chi connectivity index (χ3v) is 2.91. The number of hydrogen-bond acceptors (Lipinski definition) is 2. The van der Waals surface area contributed by atoms with Crippen LogP contribution in [0.4, 0.5) is 0 Å². The van der Waals surface area contributed by atoms with Gasteiger partial charge < -0.3 is 9.80 Å². The van der Waals surface area contributed by atoms with Crippen molar-refractivity contribution in [2.24, 2.45) is 0 Å². The summed E-state index contributed by atoms with van der Waals surface area (Å²) in [5, 5.41) is 0. The normalized spacial score (nSPS) is 10.1. The van der Waals surface area contributed by atoms with Crippen molar-refractivity contribution in [1.82, 2.24) is 9.80 Å². The monoisotopic (exact) mass is 248 g/mol. The molecule has 0 saturated heterocycles. The van der Waals surface area contributed by atoms with Gasteiger partial charge in [0.2, 0.25) is 0 Å². The molecule has 0 bridgehead atoms. The maximum Gasteiger partial charge on any atom is 0.254 e. The van der Waals surface area contributed by atoms with Gasteiger partial charge >= 0.3 is 0 Å². The predicted octanol–water partition coefficient (Wildman–Crippen LogP) is 1.71.